The Morgan fingerprint density at radius 1 is 1.33 bits per heavy atom. The van der Waals surface area contributed by atoms with E-state index in [1.165, 1.54) is 24.3 Å². The number of carbonyl (C=O) groups excluding carboxylic acids is 1. The number of aliphatic hydroxyl groups excluding tert-OH is 1. The van der Waals surface area contributed by atoms with Crippen molar-refractivity contribution in [1.82, 2.24) is 14.2 Å². The second-order valence-corrected chi connectivity index (χ2v) is 5.92. The Morgan fingerprint density at radius 2 is 2.00 bits per heavy atom. The second-order valence-electron chi connectivity index (χ2n) is 4.12. The van der Waals surface area contributed by atoms with E-state index in [-0.39, 0.29) is 16.6 Å². The number of aromatic nitrogens is 3. The molecule has 2 N–H and O–H groups in total. The molecule has 0 spiro atoms. The Morgan fingerprint density at radius 3 is 2.52 bits per heavy atom. The molecule has 0 fully saturated rings. The summed E-state index contributed by atoms with van der Waals surface area (Å²) in [6.45, 7) is 1.28. The number of nitrogens with zero attached hydrogens (tertiary/aromatic N) is 3. The number of hydrogen-bond donors (Lipinski definition) is 2. The Bertz CT molecular complexity index is 737. The minimum atomic E-state index is -3.86. The van der Waals surface area contributed by atoms with Gasteiger partial charge in [0.1, 0.15) is 12.9 Å². The minimum absolute atomic E-state index is 0.00591. The van der Waals surface area contributed by atoms with Crippen LogP contribution >= 0.6 is 0 Å². The van der Waals surface area contributed by atoms with Gasteiger partial charge in [0.25, 0.3) is 10.0 Å². The number of aliphatic hydroxyl groups is 1. The average molecular weight is 310 g/mol. The predicted octanol–water partition coefficient (Wildman–Crippen LogP) is 0.356. The summed E-state index contributed by atoms with van der Waals surface area (Å²) in [4.78, 5) is 14.9. The quantitative estimate of drug-likeness (QED) is 0.824. The fourth-order valence-corrected chi connectivity index (χ4v) is 2.61. The zero-order chi connectivity index (χ0) is 15.5. The van der Waals surface area contributed by atoms with Crippen LogP contribution in [0, 0.1) is 0 Å². The lowest BCUT2D eigenvalue weighted by molar-refractivity contribution is -0.115. The number of benzene rings is 1. The number of hydrogen-bond acceptors (Lipinski definition) is 6. The molecular weight excluding hydrogens is 296 g/mol. The van der Waals surface area contributed by atoms with Gasteiger partial charge in [-0.15, -0.1) is 9.19 Å². The van der Waals surface area contributed by atoms with E-state index in [0.29, 0.717) is 16.2 Å². The molecule has 0 saturated carbocycles. The van der Waals surface area contributed by atoms with Crippen LogP contribution in [-0.2, 0) is 21.4 Å². The van der Waals surface area contributed by atoms with Crippen molar-refractivity contribution in [2.75, 3.05) is 5.32 Å². The van der Waals surface area contributed by atoms with Crippen LogP contribution in [0.15, 0.2) is 35.5 Å². The van der Waals surface area contributed by atoms with Gasteiger partial charge in [0.15, 0.2) is 5.82 Å². The summed E-state index contributed by atoms with van der Waals surface area (Å²) < 4.78 is 25.2. The smallest absolute Gasteiger partial charge is 0.284 e. The van der Waals surface area contributed by atoms with Gasteiger partial charge in [-0.1, -0.05) is 6.92 Å². The van der Waals surface area contributed by atoms with Crippen molar-refractivity contribution in [3.05, 3.63) is 36.4 Å². The summed E-state index contributed by atoms with van der Waals surface area (Å²) in [5, 5.41) is 15.1. The van der Waals surface area contributed by atoms with Crippen LogP contribution in [0.25, 0.3) is 0 Å². The van der Waals surface area contributed by atoms with Crippen LogP contribution < -0.4 is 5.32 Å². The number of rotatable bonds is 5. The van der Waals surface area contributed by atoms with Crippen LogP contribution in [0.2, 0.25) is 0 Å². The van der Waals surface area contributed by atoms with Gasteiger partial charge in [0.2, 0.25) is 5.91 Å². The van der Waals surface area contributed by atoms with Gasteiger partial charge in [0.05, 0.1) is 4.90 Å². The third-order valence-corrected chi connectivity index (χ3v) is 4.20. The molecule has 0 atom stereocenters. The average Bonchev–Trinajstić information content (AvgIpc) is 2.97. The van der Waals surface area contributed by atoms with Crippen molar-refractivity contribution in [1.29, 1.82) is 0 Å². The summed E-state index contributed by atoms with van der Waals surface area (Å²) in [6, 6.07) is 5.70. The van der Waals surface area contributed by atoms with Crippen molar-refractivity contribution in [3.8, 4) is 0 Å². The molecule has 2 rings (SSSR count). The van der Waals surface area contributed by atoms with Gasteiger partial charge in [-0.3, -0.25) is 4.79 Å². The molecule has 112 valence electrons. The highest BCUT2D eigenvalue weighted by molar-refractivity contribution is 7.89. The molecule has 0 aliphatic carbocycles. The van der Waals surface area contributed by atoms with E-state index in [4.69, 9.17) is 5.11 Å². The first-order valence-electron chi connectivity index (χ1n) is 6.14. The number of amides is 1. The van der Waals surface area contributed by atoms with E-state index in [0.717, 1.165) is 6.33 Å². The molecule has 0 saturated heterocycles. The molecular formula is C12H14N4O4S. The standard InChI is InChI=1S/C12H14N4O4S/c1-2-12(18)14-9-3-5-10(6-4-9)21(19,20)16-8-13-11(7-17)15-16/h3-6,8,17H,2,7H2,1H3,(H,14,18). The molecule has 0 aliphatic heterocycles. The molecule has 0 radical (unpaired) electrons. The molecule has 8 nitrogen and oxygen atoms in total. The fraction of sp³-hybridized carbons (Fsp3) is 0.250. The van der Waals surface area contributed by atoms with Gasteiger partial charge < -0.3 is 10.4 Å². The maximum Gasteiger partial charge on any atom is 0.284 e. The zero-order valence-corrected chi connectivity index (χ0v) is 12.0. The topological polar surface area (TPSA) is 114 Å². The number of anilines is 1. The highest BCUT2D eigenvalue weighted by Gasteiger charge is 2.18. The van der Waals surface area contributed by atoms with E-state index in [1.54, 1.807) is 6.92 Å². The lowest BCUT2D eigenvalue weighted by Crippen LogP contribution is -2.14. The van der Waals surface area contributed by atoms with Gasteiger partial charge in [-0.05, 0) is 24.3 Å². The van der Waals surface area contributed by atoms with E-state index in [2.05, 4.69) is 15.4 Å². The Balaban J connectivity index is 2.26. The normalized spacial score (nSPS) is 11.3. The maximum atomic E-state index is 12.2. The zero-order valence-electron chi connectivity index (χ0n) is 11.2. The monoisotopic (exact) mass is 310 g/mol. The molecule has 9 heteroatoms. The highest BCUT2D eigenvalue weighted by Crippen LogP contribution is 2.16. The molecule has 1 heterocycles. The van der Waals surface area contributed by atoms with E-state index < -0.39 is 16.6 Å². The number of carbonyl (C=O) groups is 1. The molecule has 1 aromatic carbocycles. The van der Waals surface area contributed by atoms with E-state index in [1.807, 2.05) is 0 Å². The van der Waals surface area contributed by atoms with Crippen molar-refractivity contribution in [3.63, 3.8) is 0 Å². The van der Waals surface area contributed by atoms with Crippen molar-refractivity contribution in [2.45, 2.75) is 24.8 Å². The molecule has 2 aromatic rings. The first kappa shape index (κ1) is 15.1. The van der Waals surface area contributed by atoms with Crippen molar-refractivity contribution < 1.29 is 18.3 Å². The van der Waals surface area contributed by atoms with Gasteiger partial charge in [-0.2, -0.15) is 8.42 Å². The van der Waals surface area contributed by atoms with Crippen molar-refractivity contribution >= 4 is 21.6 Å². The van der Waals surface area contributed by atoms with E-state index >= 15 is 0 Å². The van der Waals surface area contributed by atoms with Gasteiger partial charge >= 0.3 is 0 Å². The van der Waals surface area contributed by atoms with Crippen LogP contribution in [-0.4, -0.2) is 33.6 Å². The summed E-state index contributed by atoms with van der Waals surface area (Å²) in [7, 11) is -3.86. The molecule has 0 bridgehead atoms. The summed E-state index contributed by atoms with van der Waals surface area (Å²) in [5.41, 5.74) is 0.510. The first-order chi connectivity index (χ1) is 9.97. The number of nitrogens with one attached hydrogen (secondary N) is 1. The predicted molar refractivity (Wildman–Crippen MR) is 73.9 cm³/mol. The fourth-order valence-electron chi connectivity index (χ4n) is 1.54. The Kier molecular flexibility index (Phi) is 4.34. The lowest BCUT2D eigenvalue weighted by atomic mass is 10.3. The largest absolute Gasteiger partial charge is 0.388 e. The molecule has 21 heavy (non-hydrogen) atoms. The summed E-state index contributed by atoms with van der Waals surface area (Å²) >= 11 is 0. The molecule has 1 aromatic heterocycles. The van der Waals surface area contributed by atoms with Crippen molar-refractivity contribution in [2.24, 2.45) is 0 Å². The molecule has 0 aliphatic rings. The van der Waals surface area contributed by atoms with Crippen LogP contribution in [0.4, 0.5) is 5.69 Å². The van der Waals surface area contributed by atoms with E-state index in [9.17, 15) is 13.2 Å². The third kappa shape index (κ3) is 3.26. The Labute approximate surface area is 121 Å². The minimum Gasteiger partial charge on any atom is -0.388 e. The van der Waals surface area contributed by atoms with Gasteiger partial charge in [0, 0.05) is 12.1 Å². The highest BCUT2D eigenvalue weighted by atomic mass is 32.2. The summed E-state index contributed by atoms with van der Waals surface area (Å²) in [6.07, 6.45) is 1.36. The molecule has 0 unspecified atom stereocenters. The van der Waals surface area contributed by atoms with Crippen LogP contribution in [0.1, 0.15) is 19.2 Å². The van der Waals surface area contributed by atoms with Crippen LogP contribution in [0.3, 0.4) is 0 Å². The van der Waals surface area contributed by atoms with Gasteiger partial charge in [-0.25, -0.2) is 4.98 Å². The third-order valence-electron chi connectivity index (χ3n) is 2.66. The second kappa shape index (κ2) is 6.02. The summed E-state index contributed by atoms with van der Waals surface area (Å²) in [5.74, 6) is -0.139. The van der Waals surface area contributed by atoms with Crippen LogP contribution in [0.5, 0.6) is 0 Å². The first-order valence-corrected chi connectivity index (χ1v) is 7.58. The molecule has 1 amide bonds. The lowest BCUT2D eigenvalue weighted by Gasteiger charge is -2.06. The SMILES string of the molecule is CCC(=O)Nc1ccc(S(=O)(=O)n2cnc(CO)n2)cc1. The maximum absolute atomic E-state index is 12.2. The Hall–Kier alpha value is -2.26.